The molecule has 16 heavy (non-hydrogen) atoms. The summed E-state index contributed by atoms with van der Waals surface area (Å²) < 4.78 is 0. The van der Waals surface area contributed by atoms with Crippen molar-refractivity contribution in [3.05, 3.63) is 23.5 Å². The Hall–Kier alpha value is -0.220. The van der Waals surface area contributed by atoms with E-state index < -0.39 is 0 Å². The van der Waals surface area contributed by atoms with E-state index in [0.29, 0.717) is 6.04 Å². The zero-order valence-corrected chi connectivity index (χ0v) is 11.4. The standard InChI is InChI=1S/C10H14ClN3.2ClH/c1-8-7-14(5-4-13-8)10-2-3-12-6-9(10)11;;/h2-3,6,8,13H,4-5,7H2,1H3;2*1H/t8-;;/m1../s1. The summed E-state index contributed by atoms with van der Waals surface area (Å²) in [7, 11) is 0. The van der Waals surface area contributed by atoms with Gasteiger partial charge in [0.25, 0.3) is 0 Å². The minimum atomic E-state index is 0. The Bertz CT molecular complexity index is 322. The average molecular weight is 285 g/mol. The van der Waals surface area contributed by atoms with Crippen molar-refractivity contribution in [3.8, 4) is 0 Å². The normalized spacial score (nSPS) is 19.6. The second-order valence-corrected chi connectivity index (χ2v) is 4.04. The number of pyridine rings is 1. The van der Waals surface area contributed by atoms with Gasteiger partial charge in [-0.25, -0.2) is 0 Å². The fraction of sp³-hybridized carbons (Fsp3) is 0.500. The first-order valence-corrected chi connectivity index (χ1v) is 5.23. The molecule has 0 unspecified atom stereocenters. The number of hydrogen-bond acceptors (Lipinski definition) is 3. The number of aromatic nitrogens is 1. The molecule has 1 aliphatic heterocycles. The molecule has 1 N–H and O–H groups in total. The molecule has 0 aromatic carbocycles. The Kier molecular flexibility index (Phi) is 7.07. The molecule has 0 amide bonds. The van der Waals surface area contributed by atoms with E-state index in [1.165, 1.54) is 0 Å². The fourth-order valence-corrected chi connectivity index (χ4v) is 2.01. The molecule has 1 saturated heterocycles. The molecule has 0 spiro atoms. The third-order valence-corrected chi connectivity index (χ3v) is 2.75. The van der Waals surface area contributed by atoms with Gasteiger partial charge in [-0.3, -0.25) is 4.98 Å². The predicted octanol–water partition coefficient (Wildman–Crippen LogP) is 2.38. The summed E-state index contributed by atoms with van der Waals surface area (Å²) in [6.45, 7) is 5.21. The van der Waals surface area contributed by atoms with Crippen molar-refractivity contribution < 1.29 is 0 Å². The minimum absolute atomic E-state index is 0. The second kappa shape index (κ2) is 7.17. The van der Waals surface area contributed by atoms with Gasteiger partial charge in [0, 0.05) is 38.1 Å². The van der Waals surface area contributed by atoms with Crippen LogP contribution in [-0.4, -0.2) is 30.7 Å². The summed E-state index contributed by atoms with van der Waals surface area (Å²) in [6, 6.07) is 2.49. The zero-order chi connectivity index (χ0) is 9.97. The summed E-state index contributed by atoms with van der Waals surface area (Å²) >= 11 is 6.08. The van der Waals surface area contributed by atoms with Gasteiger partial charge in [-0.1, -0.05) is 11.6 Å². The van der Waals surface area contributed by atoms with Crippen LogP contribution in [0.4, 0.5) is 5.69 Å². The lowest BCUT2D eigenvalue weighted by atomic mass is 10.2. The van der Waals surface area contributed by atoms with E-state index in [0.717, 1.165) is 30.3 Å². The lowest BCUT2D eigenvalue weighted by molar-refractivity contribution is 0.485. The van der Waals surface area contributed by atoms with E-state index in [4.69, 9.17) is 11.6 Å². The van der Waals surface area contributed by atoms with Crippen molar-refractivity contribution in [2.75, 3.05) is 24.5 Å². The van der Waals surface area contributed by atoms with Gasteiger partial charge in [-0.15, -0.1) is 24.8 Å². The van der Waals surface area contributed by atoms with E-state index in [2.05, 4.69) is 22.1 Å². The smallest absolute Gasteiger partial charge is 0.0822 e. The zero-order valence-electron chi connectivity index (χ0n) is 9.02. The molecule has 1 atom stereocenters. The number of piperazine rings is 1. The summed E-state index contributed by atoms with van der Waals surface area (Å²) in [4.78, 5) is 6.28. The molecule has 1 fully saturated rings. The first-order valence-electron chi connectivity index (χ1n) is 4.85. The number of rotatable bonds is 1. The van der Waals surface area contributed by atoms with Crippen LogP contribution in [0.3, 0.4) is 0 Å². The molecule has 0 bridgehead atoms. The maximum Gasteiger partial charge on any atom is 0.0822 e. The van der Waals surface area contributed by atoms with Gasteiger partial charge in [0.15, 0.2) is 0 Å². The highest BCUT2D eigenvalue weighted by Crippen LogP contribution is 2.24. The molecule has 1 aliphatic rings. The van der Waals surface area contributed by atoms with Crippen LogP contribution >= 0.6 is 36.4 Å². The summed E-state index contributed by atoms with van der Waals surface area (Å²) in [5, 5.41) is 4.14. The molecule has 3 nitrogen and oxygen atoms in total. The Morgan fingerprint density at radius 2 is 2.25 bits per heavy atom. The molecule has 6 heteroatoms. The highest BCUT2D eigenvalue weighted by Gasteiger charge is 2.17. The Balaban J connectivity index is 0.00000112. The number of nitrogens with zero attached hydrogens (tertiary/aromatic N) is 2. The molecule has 0 saturated carbocycles. The SMILES string of the molecule is C[C@@H]1CN(c2ccncc2Cl)CCN1.Cl.Cl. The molecular weight excluding hydrogens is 268 g/mol. The molecule has 0 aliphatic carbocycles. The van der Waals surface area contributed by atoms with E-state index in [1.807, 2.05) is 6.07 Å². The Labute approximate surface area is 113 Å². The van der Waals surface area contributed by atoms with Crippen LogP contribution < -0.4 is 10.2 Å². The van der Waals surface area contributed by atoms with Crippen molar-refractivity contribution >= 4 is 42.1 Å². The molecule has 1 aromatic rings. The lowest BCUT2D eigenvalue weighted by Crippen LogP contribution is -2.49. The van der Waals surface area contributed by atoms with Crippen molar-refractivity contribution in [1.82, 2.24) is 10.3 Å². The highest BCUT2D eigenvalue weighted by atomic mass is 35.5. The van der Waals surface area contributed by atoms with E-state index in [-0.39, 0.29) is 24.8 Å². The average Bonchev–Trinajstić information content (AvgIpc) is 2.18. The molecular formula is C10H16Cl3N3. The third-order valence-electron chi connectivity index (χ3n) is 2.46. The van der Waals surface area contributed by atoms with Gasteiger partial charge < -0.3 is 10.2 Å². The van der Waals surface area contributed by atoms with Crippen molar-refractivity contribution in [1.29, 1.82) is 0 Å². The highest BCUT2D eigenvalue weighted by molar-refractivity contribution is 6.33. The molecule has 1 aromatic heterocycles. The summed E-state index contributed by atoms with van der Waals surface area (Å²) in [6.07, 6.45) is 3.48. The van der Waals surface area contributed by atoms with Crippen LogP contribution in [-0.2, 0) is 0 Å². The maximum atomic E-state index is 6.08. The van der Waals surface area contributed by atoms with Gasteiger partial charge >= 0.3 is 0 Å². The number of nitrogens with one attached hydrogen (secondary N) is 1. The quantitative estimate of drug-likeness (QED) is 0.858. The van der Waals surface area contributed by atoms with Gasteiger partial charge in [-0.05, 0) is 13.0 Å². The first-order chi connectivity index (χ1) is 6.77. The van der Waals surface area contributed by atoms with E-state index in [1.54, 1.807) is 12.4 Å². The van der Waals surface area contributed by atoms with Gasteiger partial charge in [0.05, 0.1) is 10.7 Å². The maximum absolute atomic E-state index is 6.08. The number of halogens is 3. The number of hydrogen-bond donors (Lipinski definition) is 1. The lowest BCUT2D eigenvalue weighted by Gasteiger charge is -2.33. The van der Waals surface area contributed by atoms with Crippen molar-refractivity contribution in [2.45, 2.75) is 13.0 Å². The van der Waals surface area contributed by atoms with E-state index >= 15 is 0 Å². The van der Waals surface area contributed by atoms with Crippen LogP contribution in [0.2, 0.25) is 5.02 Å². The molecule has 0 radical (unpaired) electrons. The second-order valence-electron chi connectivity index (χ2n) is 3.63. The van der Waals surface area contributed by atoms with Gasteiger partial charge in [0.2, 0.25) is 0 Å². The van der Waals surface area contributed by atoms with Crippen LogP contribution in [0.1, 0.15) is 6.92 Å². The van der Waals surface area contributed by atoms with E-state index in [9.17, 15) is 0 Å². The van der Waals surface area contributed by atoms with Crippen molar-refractivity contribution in [2.24, 2.45) is 0 Å². The van der Waals surface area contributed by atoms with Crippen LogP contribution in [0, 0.1) is 0 Å². The first kappa shape index (κ1) is 15.8. The monoisotopic (exact) mass is 283 g/mol. The fourth-order valence-electron chi connectivity index (χ4n) is 1.78. The van der Waals surface area contributed by atoms with Crippen LogP contribution in [0.5, 0.6) is 0 Å². The van der Waals surface area contributed by atoms with Gasteiger partial charge in [0.1, 0.15) is 0 Å². The molecule has 2 rings (SSSR count). The summed E-state index contributed by atoms with van der Waals surface area (Å²) in [5.74, 6) is 0. The molecule has 2 heterocycles. The van der Waals surface area contributed by atoms with Gasteiger partial charge in [-0.2, -0.15) is 0 Å². The van der Waals surface area contributed by atoms with Crippen LogP contribution in [0.25, 0.3) is 0 Å². The predicted molar refractivity (Wildman–Crippen MR) is 73.4 cm³/mol. The molecule has 92 valence electrons. The third kappa shape index (κ3) is 3.67. The van der Waals surface area contributed by atoms with Crippen molar-refractivity contribution in [3.63, 3.8) is 0 Å². The Morgan fingerprint density at radius 1 is 1.50 bits per heavy atom. The largest absolute Gasteiger partial charge is 0.367 e. The van der Waals surface area contributed by atoms with Crippen LogP contribution in [0.15, 0.2) is 18.5 Å². The number of anilines is 1. The minimum Gasteiger partial charge on any atom is -0.367 e. The summed E-state index contributed by atoms with van der Waals surface area (Å²) in [5.41, 5.74) is 1.09. The Morgan fingerprint density at radius 3 is 2.88 bits per heavy atom. The topological polar surface area (TPSA) is 28.2 Å².